The molecular weight excluding hydrogens is 200 g/mol. The summed E-state index contributed by atoms with van der Waals surface area (Å²) in [6, 6.07) is 8.33. The molecule has 0 bridgehead atoms. The van der Waals surface area contributed by atoms with Gasteiger partial charge in [0.05, 0.1) is 25.3 Å². The van der Waals surface area contributed by atoms with Crippen molar-refractivity contribution in [3.8, 4) is 11.8 Å². The molecular formula is C13H18N2O. The highest BCUT2D eigenvalue weighted by atomic mass is 16.5. The van der Waals surface area contributed by atoms with Crippen molar-refractivity contribution in [1.82, 2.24) is 0 Å². The zero-order valence-corrected chi connectivity index (χ0v) is 10.2. The zero-order valence-electron chi connectivity index (χ0n) is 10.2. The van der Waals surface area contributed by atoms with Crippen LogP contribution in [0.15, 0.2) is 18.2 Å². The number of ether oxygens (including phenoxy) is 1. The summed E-state index contributed by atoms with van der Waals surface area (Å²) < 4.78 is 5.32. The van der Waals surface area contributed by atoms with Gasteiger partial charge in [0.1, 0.15) is 5.75 Å². The van der Waals surface area contributed by atoms with Crippen LogP contribution in [0, 0.1) is 11.3 Å². The number of hydrogen-bond donors (Lipinski definition) is 0. The molecule has 0 aliphatic heterocycles. The average molecular weight is 218 g/mol. The Bertz CT molecular complexity index is 382. The number of anilines is 1. The van der Waals surface area contributed by atoms with Crippen LogP contribution in [0.2, 0.25) is 0 Å². The topological polar surface area (TPSA) is 36.3 Å². The Morgan fingerprint density at radius 2 is 2.19 bits per heavy atom. The monoisotopic (exact) mass is 218 g/mol. The highest BCUT2D eigenvalue weighted by molar-refractivity contribution is 5.59. The Labute approximate surface area is 97.3 Å². The van der Waals surface area contributed by atoms with Gasteiger partial charge in [0.25, 0.3) is 0 Å². The molecule has 86 valence electrons. The molecule has 0 spiro atoms. The van der Waals surface area contributed by atoms with Crippen LogP contribution in [0.4, 0.5) is 5.69 Å². The number of rotatable bonds is 5. The number of benzene rings is 1. The van der Waals surface area contributed by atoms with E-state index in [9.17, 15) is 0 Å². The van der Waals surface area contributed by atoms with Gasteiger partial charge in [0, 0.05) is 13.6 Å². The molecule has 1 aromatic rings. The first-order chi connectivity index (χ1) is 7.72. The summed E-state index contributed by atoms with van der Waals surface area (Å²) in [5.41, 5.74) is 2.33. The van der Waals surface area contributed by atoms with Crippen LogP contribution in [0.5, 0.6) is 5.75 Å². The fourth-order valence-electron chi connectivity index (χ4n) is 1.59. The van der Waals surface area contributed by atoms with E-state index < -0.39 is 0 Å². The molecule has 0 aromatic heterocycles. The van der Waals surface area contributed by atoms with E-state index >= 15 is 0 Å². The third-order valence-electron chi connectivity index (χ3n) is 2.62. The van der Waals surface area contributed by atoms with Gasteiger partial charge in [0.2, 0.25) is 0 Å². The van der Waals surface area contributed by atoms with Gasteiger partial charge >= 0.3 is 0 Å². The Morgan fingerprint density at radius 1 is 1.44 bits per heavy atom. The van der Waals surface area contributed by atoms with Crippen molar-refractivity contribution in [1.29, 1.82) is 5.26 Å². The molecule has 0 aliphatic rings. The summed E-state index contributed by atoms with van der Waals surface area (Å²) >= 11 is 0. The number of hydrogen-bond acceptors (Lipinski definition) is 3. The quantitative estimate of drug-likeness (QED) is 0.762. The molecule has 0 N–H and O–H groups in total. The molecule has 0 saturated heterocycles. The van der Waals surface area contributed by atoms with Crippen LogP contribution >= 0.6 is 0 Å². The summed E-state index contributed by atoms with van der Waals surface area (Å²) in [6.45, 7) is 2.85. The lowest BCUT2D eigenvalue weighted by Gasteiger charge is -2.21. The van der Waals surface area contributed by atoms with Gasteiger partial charge in [-0.15, -0.1) is 0 Å². The van der Waals surface area contributed by atoms with Gasteiger partial charge in [-0.05, 0) is 24.1 Å². The van der Waals surface area contributed by atoms with E-state index in [1.54, 1.807) is 7.11 Å². The van der Waals surface area contributed by atoms with Gasteiger partial charge in [-0.2, -0.15) is 5.26 Å². The van der Waals surface area contributed by atoms with E-state index in [2.05, 4.69) is 30.0 Å². The van der Waals surface area contributed by atoms with E-state index in [0.717, 1.165) is 24.4 Å². The second kappa shape index (κ2) is 6.02. The maximum atomic E-state index is 8.58. The predicted octanol–water partition coefficient (Wildman–Crippen LogP) is 2.61. The summed E-state index contributed by atoms with van der Waals surface area (Å²) in [4.78, 5) is 2.06. The lowest BCUT2D eigenvalue weighted by Crippen LogP contribution is -2.19. The summed E-state index contributed by atoms with van der Waals surface area (Å²) in [6.07, 6.45) is 1.53. The van der Waals surface area contributed by atoms with E-state index in [1.807, 2.05) is 13.1 Å². The fraction of sp³-hybridized carbons (Fsp3) is 0.462. The molecule has 1 aromatic carbocycles. The molecule has 0 atom stereocenters. The Morgan fingerprint density at radius 3 is 2.75 bits per heavy atom. The SMILES string of the molecule is CCc1ccc(OC)c(N(C)CCC#N)c1. The first-order valence-corrected chi connectivity index (χ1v) is 5.48. The molecule has 0 heterocycles. The normalized spacial score (nSPS) is 9.62. The Kier molecular flexibility index (Phi) is 4.65. The maximum absolute atomic E-state index is 8.58. The summed E-state index contributed by atoms with van der Waals surface area (Å²) in [5, 5.41) is 8.58. The van der Waals surface area contributed by atoms with Crippen molar-refractivity contribution >= 4 is 5.69 Å². The summed E-state index contributed by atoms with van der Waals surface area (Å²) in [7, 11) is 3.65. The predicted molar refractivity (Wildman–Crippen MR) is 65.9 cm³/mol. The smallest absolute Gasteiger partial charge is 0.142 e. The lowest BCUT2D eigenvalue weighted by atomic mass is 10.1. The minimum atomic E-state index is 0.524. The molecule has 16 heavy (non-hydrogen) atoms. The summed E-state index contributed by atoms with van der Waals surface area (Å²) in [5.74, 6) is 0.859. The molecule has 0 aliphatic carbocycles. The second-order valence-corrected chi connectivity index (χ2v) is 3.69. The van der Waals surface area contributed by atoms with E-state index in [-0.39, 0.29) is 0 Å². The zero-order chi connectivity index (χ0) is 12.0. The van der Waals surface area contributed by atoms with Crippen LogP contribution in [-0.4, -0.2) is 20.7 Å². The molecule has 0 saturated carbocycles. The number of aryl methyl sites for hydroxylation is 1. The standard InChI is InChI=1S/C13H18N2O/c1-4-11-6-7-13(16-3)12(10-11)15(2)9-5-8-14/h6-7,10H,4-5,9H2,1-3H3. The van der Waals surface area contributed by atoms with Gasteiger partial charge in [0.15, 0.2) is 0 Å². The number of nitrogens with zero attached hydrogens (tertiary/aromatic N) is 2. The molecule has 3 heteroatoms. The Balaban J connectivity index is 2.94. The largest absolute Gasteiger partial charge is 0.495 e. The highest BCUT2D eigenvalue weighted by Gasteiger charge is 2.08. The Hall–Kier alpha value is -1.69. The van der Waals surface area contributed by atoms with E-state index in [1.165, 1.54) is 5.56 Å². The minimum absolute atomic E-state index is 0.524. The van der Waals surface area contributed by atoms with E-state index in [0.29, 0.717) is 6.42 Å². The third kappa shape index (κ3) is 2.90. The van der Waals surface area contributed by atoms with E-state index in [4.69, 9.17) is 10.00 Å². The van der Waals surface area contributed by atoms with Gasteiger partial charge in [-0.25, -0.2) is 0 Å². The van der Waals surface area contributed by atoms with Crippen LogP contribution < -0.4 is 9.64 Å². The molecule has 1 rings (SSSR count). The van der Waals surface area contributed by atoms with Crippen LogP contribution in [-0.2, 0) is 6.42 Å². The second-order valence-electron chi connectivity index (χ2n) is 3.69. The first kappa shape index (κ1) is 12.4. The first-order valence-electron chi connectivity index (χ1n) is 5.48. The number of nitriles is 1. The van der Waals surface area contributed by atoms with Crippen molar-refractivity contribution in [2.24, 2.45) is 0 Å². The minimum Gasteiger partial charge on any atom is -0.495 e. The van der Waals surface area contributed by atoms with Gasteiger partial charge in [-0.3, -0.25) is 0 Å². The number of methoxy groups -OCH3 is 1. The van der Waals surface area contributed by atoms with Crippen LogP contribution in [0.3, 0.4) is 0 Å². The third-order valence-corrected chi connectivity index (χ3v) is 2.62. The van der Waals surface area contributed by atoms with Crippen LogP contribution in [0.1, 0.15) is 18.9 Å². The van der Waals surface area contributed by atoms with Gasteiger partial charge in [-0.1, -0.05) is 13.0 Å². The van der Waals surface area contributed by atoms with Crippen molar-refractivity contribution in [3.05, 3.63) is 23.8 Å². The fourth-order valence-corrected chi connectivity index (χ4v) is 1.59. The van der Waals surface area contributed by atoms with Crippen molar-refractivity contribution < 1.29 is 4.74 Å². The van der Waals surface area contributed by atoms with Crippen molar-refractivity contribution in [2.75, 3.05) is 25.6 Å². The molecule has 0 radical (unpaired) electrons. The van der Waals surface area contributed by atoms with Crippen LogP contribution in [0.25, 0.3) is 0 Å². The van der Waals surface area contributed by atoms with Gasteiger partial charge < -0.3 is 9.64 Å². The molecule has 3 nitrogen and oxygen atoms in total. The average Bonchev–Trinajstić information content (AvgIpc) is 2.35. The lowest BCUT2D eigenvalue weighted by molar-refractivity contribution is 0.414. The molecule has 0 fully saturated rings. The maximum Gasteiger partial charge on any atom is 0.142 e. The van der Waals surface area contributed by atoms with Crippen molar-refractivity contribution in [3.63, 3.8) is 0 Å². The molecule has 0 unspecified atom stereocenters. The van der Waals surface area contributed by atoms with Crippen molar-refractivity contribution in [2.45, 2.75) is 19.8 Å². The molecule has 0 amide bonds. The highest BCUT2D eigenvalue weighted by Crippen LogP contribution is 2.28.